The summed E-state index contributed by atoms with van der Waals surface area (Å²) in [4.78, 5) is 16.2. The smallest absolute Gasteiger partial charge is 0.317 e. The predicted molar refractivity (Wildman–Crippen MR) is 84.6 cm³/mol. The first-order valence-corrected chi connectivity index (χ1v) is 7.76. The molecular weight excluding hydrogens is 318 g/mol. The minimum Gasteiger partial charge on any atom is -0.334 e. The first kappa shape index (κ1) is 15.3. The molecule has 20 heavy (non-hydrogen) atoms. The minimum atomic E-state index is 0.0502. The van der Waals surface area contributed by atoms with E-state index in [1.54, 1.807) is 0 Å². The number of nitrogens with one attached hydrogen (secondary N) is 1. The molecule has 110 valence electrons. The number of carbonyl (C=O) groups is 1. The molecule has 2 amide bonds. The summed E-state index contributed by atoms with van der Waals surface area (Å²) in [7, 11) is 4.16. The molecule has 0 aliphatic carbocycles. The molecule has 1 N–H and O–H groups in total. The third kappa shape index (κ3) is 4.49. The molecule has 5 heteroatoms. The van der Waals surface area contributed by atoms with E-state index in [9.17, 15) is 4.79 Å². The summed E-state index contributed by atoms with van der Waals surface area (Å²) in [6.45, 7) is 3.37. The molecule has 1 aromatic rings. The molecule has 4 nitrogen and oxygen atoms in total. The van der Waals surface area contributed by atoms with Crippen molar-refractivity contribution in [1.82, 2.24) is 15.1 Å². The van der Waals surface area contributed by atoms with Crippen molar-refractivity contribution in [3.8, 4) is 0 Å². The summed E-state index contributed by atoms with van der Waals surface area (Å²) in [5, 5.41) is 2.99. The van der Waals surface area contributed by atoms with E-state index in [-0.39, 0.29) is 6.03 Å². The molecule has 1 heterocycles. The second kappa shape index (κ2) is 7.09. The summed E-state index contributed by atoms with van der Waals surface area (Å²) < 4.78 is 1.05. The van der Waals surface area contributed by atoms with Crippen molar-refractivity contribution < 1.29 is 4.79 Å². The predicted octanol–water partition coefficient (Wildman–Crippen LogP) is 2.54. The third-order valence-corrected chi connectivity index (χ3v) is 4.08. The van der Waals surface area contributed by atoms with Gasteiger partial charge in [0.2, 0.25) is 0 Å². The molecule has 1 atom stereocenters. The maximum absolute atomic E-state index is 12.1. The van der Waals surface area contributed by atoms with Crippen molar-refractivity contribution >= 4 is 22.0 Å². The van der Waals surface area contributed by atoms with Crippen molar-refractivity contribution in [2.75, 3.05) is 33.7 Å². The van der Waals surface area contributed by atoms with Crippen LogP contribution in [0.25, 0.3) is 0 Å². The van der Waals surface area contributed by atoms with E-state index in [1.807, 2.05) is 29.2 Å². The van der Waals surface area contributed by atoms with Crippen LogP contribution in [0.5, 0.6) is 0 Å². The number of halogens is 1. The fourth-order valence-electron chi connectivity index (χ4n) is 2.57. The van der Waals surface area contributed by atoms with Gasteiger partial charge in [-0.05, 0) is 44.1 Å². The zero-order valence-corrected chi connectivity index (χ0v) is 13.7. The lowest BCUT2D eigenvalue weighted by molar-refractivity contribution is 0.205. The van der Waals surface area contributed by atoms with Crippen LogP contribution in [0.2, 0.25) is 0 Å². The van der Waals surface area contributed by atoms with Gasteiger partial charge in [0.15, 0.2) is 0 Å². The lowest BCUT2D eigenvalue weighted by Gasteiger charge is -2.19. The highest BCUT2D eigenvalue weighted by Crippen LogP contribution is 2.17. The molecule has 0 aromatic heterocycles. The zero-order chi connectivity index (χ0) is 14.5. The second-order valence-electron chi connectivity index (χ2n) is 5.65. The number of nitrogens with zero attached hydrogens (tertiary/aromatic N) is 2. The van der Waals surface area contributed by atoms with Crippen molar-refractivity contribution in [2.24, 2.45) is 5.92 Å². The van der Waals surface area contributed by atoms with Gasteiger partial charge in [0, 0.05) is 30.7 Å². The molecule has 2 rings (SSSR count). The normalized spacial score (nSPS) is 18.6. The Balaban J connectivity index is 1.77. The molecule has 0 saturated carbocycles. The topological polar surface area (TPSA) is 35.6 Å². The summed E-state index contributed by atoms with van der Waals surface area (Å²) in [5.74, 6) is 0.600. The van der Waals surface area contributed by atoms with Crippen LogP contribution in [0.3, 0.4) is 0 Å². The second-order valence-corrected chi connectivity index (χ2v) is 6.56. The van der Waals surface area contributed by atoms with Gasteiger partial charge in [-0.15, -0.1) is 0 Å². The lowest BCUT2D eigenvalue weighted by Crippen LogP contribution is -2.38. The molecule has 1 aliphatic rings. The van der Waals surface area contributed by atoms with Gasteiger partial charge >= 0.3 is 6.03 Å². The quantitative estimate of drug-likeness (QED) is 0.914. The molecule has 0 bridgehead atoms. The Hall–Kier alpha value is -1.07. The average molecular weight is 340 g/mol. The van der Waals surface area contributed by atoms with Crippen molar-refractivity contribution in [3.63, 3.8) is 0 Å². The largest absolute Gasteiger partial charge is 0.334 e. The summed E-state index contributed by atoms with van der Waals surface area (Å²) in [6, 6.07) is 8.07. The Morgan fingerprint density at radius 2 is 2.10 bits per heavy atom. The SMILES string of the molecule is CN(C)C[C@H]1CCN(C(=O)NCc2ccc(Br)cc2)C1. The van der Waals surface area contributed by atoms with Crippen molar-refractivity contribution in [1.29, 1.82) is 0 Å². The van der Waals surface area contributed by atoms with Crippen LogP contribution in [0.15, 0.2) is 28.7 Å². The molecule has 0 spiro atoms. The maximum atomic E-state index is 12.1. The fourth-order valence-corrected chi connectivity index (χ4v) is 2.84. The Morgan fingerprint density at radius 1 is 1.40 bits per heavy atom. The van der Waals surface area contributed by atoms with Gasteiger partial charge in [-0.2, -0.15) is 0 Å². The standard InChI is InChI=1S/C15H22BrN3O/c1-18(2)10-13-7-8-19(11-13)15(20)17-9-12-3-5-14(16)6-4-12/h3-6,13H,7-11H2,1-2H3,(H,17,20)/t13-/m1/s1. The molecule has 1 fully saturated rings. The summed E-state index contributed by atoms with van der Waals surface area (Å²) in [6.07, 6.45) is 1.10. The third-order valence-electron chi connectivity index (χ3n) is 3.55. The number of hydrogen-bond acceptors (Lipinski definition) is 2. The monoisotopic (exact) mass is 339 g/mol. The number of hydrogen-bond donors (Lipinski definition) is 1. The number of carbonyl (C=O) groups excluding carboxylic acids is 1. The fraction of sp³-hybridized carbons (Fsp3) is 0.533. The van der Waals surface area contributed by atoms with E-state index in [0.29, 0.717) is 12.5 Å². The van der Waals surface area contributed by atoms with Gasteiger partial charge in [0.1, 0.15) is 0 Å². The summed E-state index contributed by atoms with van der Waals surface area (Å²) in [5.41, 5.74) is 1.12. The van der Waals surface area contributed by atoms with E-state index in [2.05, 4.69) is 40.2 Å². The van der Waals surface area contributed by atoms with Crippen LogP contribution < -0.4 is 5.32 Å². The van der Waals surface area contributed by atoms with Gasteiger partial charge in [0.25, 0.3) is 0 Å². The van der Waals surface area contributed by atoms with Gasteiger partial charge in [-0.3, -0.25) is 0 Å². The van der Waals surface area contributed by atoms with Crippen LogP contribution >= 0.6 is 15.9 Å². The van der Waals surface area contributed by atoms with Crippen LogP contribution in [-0.4, -0.2) is 49.6 Å². The Kier molecular flexibility index (Phi) is 5.43. The summed E-state index contributed by atoms with van der Waals surface area (Å²) >= 11 is 3.41. The maximum Gasteiger partial charge on any atom is 0.317 e. The van der Waals surface area contributed by atoms with Crippen LogP contribution in [0, 0.1) is 5.92 Å². The van der Waals surface area contributed by atoms with Gasteiger partial charge in [-0.1, -0.05) is 28.1 Å². The van der Waals surface area contributed by atoms with E-state index in [0.717, 1.165) is 36.1 Å². The highest BCUT2D eigenvalue weighted by Gasteiger charge is 2.26. The van der Waals surface area contributed by atoms with E-state index >= 15 is 0 Å². The van der Waals surface area contributed by atoms with Crippen LogP contribution in [0.4, 0.5) is 4.79 Å². The van der Waals surface area contributed by atoms with Crippen molar-refractivity contribution in [3.05, 3.63) is 34.3 Å². The van der Waals surface area contributed by atoms with E-state index in [1.165, 1.54) is 0 Å². The van der Waals surface area contributed by atoms with Crippen LogP contribution in [-0.2, 0) is 6.54 Å². The zero-order valence-electron chi connectivity index (χ0n) is 12.1. The van der Waals surface area contributed by atoms with E-state index in [4.69, 9.17) is 0 Å². The number of rotatable bonds is 4. The van der Waals surface area contributed by atoms with Crippen LogP contribution in [0.1, 0.15) is 12.0 Å². The highest BCUT2D eigenvalue weighted by molar-refractivity contribution is 9.10. The minimum absolute atomic E-state index is 0.0502. The molecule has 1 aliphatic heterocycles. The Morgan fingerprint density at radius 3 is 2.75 bits per heavy atom. The Labute approximate surface area is 129 Å². The number of likely N-dealkylation sites (tertiary alicyclic amines) is 1. The van der Waals surface area contributed by atoms with Gasteiger partial charge in [0.05, 0.1) is 0 Å². The molecule has 1 aromatic carbocycles. The number of amides is 2. The first-order chi connectivity index (χ1) is 9.54. The van der Waals surface area contributed by atoms with E-state index < -0.39 is 0 Å². The molecular formula is C15H22BrN3O. The molecule has 1 saturated heterocycles. The molecule has 0 unspecified atom stereocenters. The lowest BCUT2D eigenvalue weighted by atomic mass is 10.1. The highest BCUT2D eigenvalue weighted by atomic mass is 79.9. The van der Waals surface area contributed by atoms with Crippen molar-refractivity contribution in [2.45, 2.75) is 13.0 Å². The first-order valence-electron chi connectivity index (χ1n) is 6.96. The number of urea groups is 1. The van der Waals surface area contributed by atoms with Gasteiger partial charge in [-0.25, -0.2) is 4.79 Å². The number of benzene rings is 1. The Bertz CT molecular complexity index is 447. The van der Waals surface area contributed by atoms with Gasteiger partial charge < -0.3 is 15.1 Å². The average Bonchev–Trinajstić information content (AvgIpc) is 2.85. The molecule has 0 radical (unpaired) electrons.